The van der Waals surface area contributed by atoms with Crippen LogP contribution in [0, 0.1) is 20.8 Å². The van der Waals surface area contributed by atoms with Gasteiger partial charge in [0.1, 0.15) is 6.54 Å². The summed E-state index contributed by atoms with van der Waals surface area (Å²) in [5.74, 6) is 0.600. The number of fused-ring (bicyclic) bond motifs is 1. The lowest BCUT2D eigenvalue weighted by molar-refractivity contribution is -0.119. The molecule has 3 aromatic rings. The molecule has 0 aliphatic carbocycles. The first-order valence-electron chi connectivity index (χ1n) is 10.7. The molecule has 0 atom stereocenters. The number of hydrogen-bond acceptors (Lipinski definition) is 6. The molecule has 1 heterocycles. The van der Waals surface area contributed by atoms with Gasteiger partial charge in [0.05, 0.1) is 16.8 Å². The van der Waals surface area contributed by atoms with Gasteiger partial charge in [0.15, 0.2) is 11.5 Å². The normalized spacial score (nSPS) is 12.7. The minimum Gasteiger partial charge on any atom is -0.454 e. The van der Waals surface area contributed by atoms with Crippen LogP contribution in [0.5, 0.6) is 11.5 Å². The Balaban J connectivity index is 1.58. The van der Waals surface area contributed by atoms with E-state index < -0.39 is 22.5 Å². The van der Waals surface area contributed by atoms with Crippen LogP contribution in [0.3, 0.4) is 0 Å². The second-order valence-electron chi connectivity index (χ2n) is 8.19. The summed E-state index contributed by atoms with van der Waals surface area (Å²) >= 11 is 3.43. The maximum absolute atomic E-state index is 13.5. The second kappa shape index (κ2) is 10.1. The molecule has 0 saturated carbocycles. The van der Waals surface area contributed by atoms with Crippen molar-refractivity contribution >= 4 is 43.8 Å². The molecule has 0 fully saturated rings. The zero-order chi connectivity index (χ0) is 25.2. The average Bonchev–Trinajstić information content (AvgIpc) is 3.24. The summed E-state index contributed by atoms with van der Waals surface area (Å²) in [5, 5.41) is 4.00. The number of hydrazone groups is 1. The molecular formula is C25H24BrN3O5S. The summed E-state index contributed by atoms with van der Waals surface area (Å²) in [7, 11) is -4.01. The molecule has 1 amide bonds. The minimum atomic E-state index is -4.01. The lowest BCUT2D eigenvalue weighted by atomic mass is 10.1. The fraction of sp³-hybridized carbons (Fsp3) is 0.200. The van der Waals surface area contributed by atoms with Gasteiger partial charge in [-0.25, -0.2) is 13.8 Å². The fourth-order valence-electron chi connectivity index (χ4n) is 3.62. The van der Waals surface area contributed by atoms with Crippen molar-refractivity contribution in [2.75, 3.05) is 17.6 Å². The van der Waals surface area contributed by atoms with Gasteiger partial charge < -0.3 is 9.47 Å². The third-order valence-electron chi connectivity index (χ3n) is 5.28. The van der Waals surface area contributed by atoms with Crippen LogP contribution in [0.15, 0.2) is 69.1 Å². The number of benzene rings is 3. The molecule has 4 rings (SSSR count). The quantitative estimate of drug-likeness (QED) is 0.342. The van der Waals surface area contributed by atoms with E-state index in [4.69, 9.17) is 9.47 Å². The Morgan fingerprint density at radius 2 is 1.63 bits per heavy atom. The van der Waals surface area contributed by atoms with Crippen molar-refractivity contribution in [2.24, 2.45) is 5.10 Å². The van der Waals surface area contributed by atoms with Gasteiger partial charge in [0.25, 0.3) is 15.9 Å². The first-order valence-corrected chi connectivity index (χ1v) is 13.0. The van der Waals surface area contributed by atoms with Crippen LogP contribution in [0.25, 0.3) is 0 Å². The van der Waals surface area contributed by atoms with E-state index in [2.05, 4.69) is 26.5 Å². The highest BCUT2D eigenvalue weighted by Crippen LogP contribution is 2.36. The van der Waals surface area contributed by atoms with Gasteiger partial charge in [-0.2, -0.15) is 5.10 Å². The predicted molar refractivity (Wildman–Crippen MR) is 138 cm³/mol. The Kier molecular flexibility index (Phi) is 7.13. The van der Waals surface area contributed by atoms with Crippen LogP contribution in [-0.4, -0.2) is 33.9 Å². The highest BCUT2D eigenvalue weighted by Gasteiger charge is 2.27. The van der Waals surface area contributed by atoms with E-state index in [1.165, 1.54) is 18.3 Å². The van der Waals surface area contributed by atoms with Gasteiger partial charge in [-0.05, 0) is 84.2 Å². The van der Waals surface area contributed by atoms with Gasteiger partial charge >= 0.3 is 0 Å². The van der Waals surface area contributed by atoms with Crippen molar-refractivity contribution in [1.29, 1.82) is 0 Å². The predicted octanol–water partition coefficient (Wildman–Crippen LogP) is 4.45. The largest absolute Gasteiger partial charge is 0.454 e. The average molecular weight is 558 g/mol. The molecule has 0 radical (unpaired) electrons. The van der Waals surface area contributed by atoms with Crippen LogP contribution in [-0.2, 0) is 14.8 Å². The number of carbonyl (C=O) groups excluding carboxylic acids is 1. The zero-order valence-corrected chi connectivity index (χ0v) is 21.8. The number of rotatable bonds is 7. The van der Waals surface area contributed by atoms with Crippen LogP contribution in [0.4, 0.5) is 5.69 Å². The maximum atomic E-state index is 13.5. The van der Waals surface area contributed by atoms with E-state index in [1.807, 2.05) is 26.8 Å². The van der Waals surface area contributed by atoms with Crippen LogP contribution >= 0.6 is 15.9 Å². The van der Waals surface area contributed by atoms with E-state index in [-0.39, 0.29) is 11.7 Å². The lowest BCUT2D eigenvalue weighted by Gasteiger charge is -2.24. The summed E-state index contributed by atoms with van der Waals surface area (Å²) in [6.07, 6.45) is 1.44. The van der Waals surface area contributed by atoms with E-state index >= 15 is 0 Å². The highest BCUT2D eigenvalue weighted by molar-refractivity contribution is 9.10. The molecule has 0 aromatic heterocycles. The Hall–Kier alpha value is -3.37. The Morgan fingerprint density at radius 1 is 1.00 bits per heavy atom. The molecule has 182 valence electrons. The number of sulfonamides is 1. The van der Waals surface area contributed by atoms with Gasteiger partial charge in [-0.15, -0.1) is 0 Å². The standard InChI is InChI=1S/C25H24BrN3O5S/c1-16-4-6-21(7-5-16)35(31,32)29(20-9-17(2)8-18(3)10-20)14-25(30)28-27-13-19-11-23-24(12-22(19)26)34-15-33-23/h4-13H,14-15H2,1-3H3,(H,28,30)/b27-13-. The second-order valence-corrected chi connectivity index (χ2v) is 10.9. The van der Waals surface area contributed by atoms with Gasteiger partial charge in [0, 0.05) is 10.0 Å². The summed E-state index contributed by atoms with van der Waals surface area (Å²) in [6.45, 7) is 5.32. The SMILES string of the molecule is Cc1ccc(S(=O)(=O)N(CC(=O)N/N=C\c2cc3c(cc2Br)OCO3)c2cc(C)cc(C)c2)cc1. The number of ether oxygens (including phenoxy) is 2. The van der Waals surface area contributed by atoms with Gasteiger partial charge in [0.2, 0.25) is 6.79 Å². The number of anilines is 1. The topological polar surface area (TPSA) is 97.3 Å². The molecule has 0 unspecified atom stereocenters. The number of halogens is 1. The highest BCUT2D eigenvalue weighted by atomic mass is 79.9. The van der Waals surface area contributed by atoms with Crippen molar-refractivity contribution in [2.45, 2.75) is 25.7 Å². The summed E-state index contributed by atoms with van der Waals surface area (Å²) in [6, 6.07) is 15.4. The van der Waals surface area contributed by atoms with Crippen molar-refractivity contribution in [3.8, 4) is 11.5 Å². The number of hydrogen-bond donors (Lipinski definition) is 1. The number of carbonyl (C=O) groups is 1. The Labute approximate surface area is 212 Å². The van der Waals surface area contributed by atoms with E-state index in [0.29, 0.717) is 27.2 Å². The summed E-state index contributed by atoms with van der Waals surface area (Å²) in [4.78, 5) is 12.9. The molecule has 0 bridgehead atoms. The monoisotopic (exact) mass is 557 g/mol. The van der Waals surface area contributed by atoms with Crippen molar-refractivity contribution in [3.63, 3.8) is 0 Å². The number of nitrogens with zero attached hydrogens (tertiary/aromatic N) is 2. The Bertz CT molecular complexity index is 1390. The third kappa shape index (κ3) is 5.66. The molecule has 0 saturated heterocycles. The number of nitrogens with one attached hydrogen (secondary N) is 1. The molecule has 10 heteroatoms. The maximum Gasteiger partial charge on any atom is 0.264 e. The van der Waals surface area contributed by atoms with E-state index in [0.717, 1.165) is 21.0 Å². The van der Waals surface area contributed by atoms with Crippen molar-refractivity contribution in [1.82, 2.24) is 5.43 Å². The fourth-order valence-corrected chi connectivity index (χ4v) is 5.45. The van der Waals surface area contributed by atoms with Gasteiger partial charge in [-0.1, -0.05) is 23.8 Å². The van der Waals surface area contributed by atoms with Crippen molar-refractivity contribution in [3.05, 3.63) is 81.3 Å². The van der Waals surface area contributed by atoms with E-state index in [9.17, 15) is 13.2 Å². The molecule has 3 aromatic carbocycles. The van der Waals surface area contributed by atoms with E-state index in [1.54, 1.807) is 36.4 Å². The molecule has 0 spiro atoms. The summed E-state index contributed by atoms with van der Waals surface area (Å²) < 4.78 is 39.5. The van der Waals surface area contributed by atoms with Gasteiger partial charge in [-0.3, -0.25) is 9.10 Å². The minimum absolute atomic E-state index is 0.0999. The van der Waals surface area contributed by atoms with Crippen LogP contribution in [0.2, 0.25) is 0 Å². The third-order valence-corrected chi connectivity index (χ3v) is 7.75. The molecule has 8 nitrogen and oxygen atoms in total. The first-order chi connectivity index (χ1) is 16.6. The number of aryl methyl sites for hydroxylation is 3. The molecular weight excluding hydrogens is 534 g/mol. The molecule has 1 aliphatic rings. The zero-order valence-electron chi connectivity index (χ0n) is 19.4. The first kappa shape index (κ1) is 24.7. The van der Waals surface area contributed by atoms with Crippen LogP contribution < -0.4 is 19.2 Å². The Morgan fingerprint density at radius 3 is 2.29 bits per heavy atom. The van der Waals surface area contributed by atoms with Crippen molar-refractivity contribution < 1.29 is 22.7 Å². The summed E-state index contributed by atoms with van der Waals surface area (Å²) in [5.41, 5.74) is 6.19. The molecule has 1 aliphatic heterocycles. The smallest absolute Gasteiger partial charge is 0.264 e. The molecule has 1 N–H and O–H groups in total. The molecule has 35 heavy (non-hydrogen) atoms. The lowest BCUT2D eigenvalue weighted by Crippen LogP contribution is -2.39. The number of amides is 1. The van der Waals surface area contributed by atoms with Crippen LogP contribution in [0.1, 0.15) is 22.3 Å².